The second-order valence-electron chi connectivity index (χ2n) is 2.26. The molecule has 0 N–H and O–H groups in total. The Morgan fingerprint density at radius 1 is 1.42 bits per heavy atom. The Hall–Kier alpha value is -1.95. The van der Waals surface area contributed by atoms with E-state index >= 15 is 0 Å². The lowest BCUT2D eigenvalue weighted by molar-refractivity contribution is 0.542. The molecule has 0 aliphatic heterocycles. The van der Waals surface area contributed by atoms with Crippen molar-refractivity contribution in [2.75, 3.05) is 0 Å². The summed E-state index contributed by atoms with van der Waals surface area (Å²) in [6, 6.07) is 3.69. The van der Waals surface area contributed by atoms with Gasteiger partial charge in [0.2, 0.25) is 0 Å². The maximum absolute atomic E-state index is 8.29. The van der Waals surface area contributed by atoms with Gasteiger partial charge < -0.3 is 8.83 Å². The Kier molecular flexibility index (Phi) is 1.45. The number of nitrogens with zero attached hydrogens (tertiary/aromatic N) is 1. The predicted octanol–water partition coefficient (Wildman–Crippen LogP) is 2.56. The van der Waals surface area contributed by atoms with Crippen LogP contribution in [0.2, 0.25) is 0 Å². The standard InChI is InChI=1S/C9H5NO2/c10-4-1-2-8-7-3-5-11-9(7)6-12-8/h1-3,5-6H/b2-1-. The summed E-state index contributed by atoms with van der Waals surface area (Å²) in [5.41, 5.74) is 0.701. The molecule has 2 aromatic rings. The minimum absolute atomic E-state index is 0.653. The zero-order valence-electron chi connectivity index (χ0n) is 6.15. The molecule has 2 rings (SSSR count). The van der Waals surface area contributed by atoms with Gasteiger partial charge in [0.05, 0.1) is 17.7 Å². The van der Waals surface area contributed by atoms with Gasteiger partial charge in [0, 0.05) is 6.08 Å². The first-order valence-corrected chi connectivity index (χ1v) is 3.42. The average Bonchev–Trinajstić information content (AvgIpc) is 2.62. The van der Waals surface area contributed by atoms with Crippen molar-refractivity contribution in [3.05, 3.63) is 30.4 Å². The summed E-state index contributed by atoms with van der Waals surface area (Å²) < 4.78 is 10.2. The van der Waals surface area contributed by atoms with Crippen LogP contribution < -0.4 is 0 Å². The van der Waals surface area contributed by atoms with Crippen molar-refractivity contribution in [1.82, 2.24) is 0 Å². The summed E-state index contributed by atoms with van der Waals surface area (Å²) in [6.45, 7) is 0. The number of nitriles is 1. The van der Waals surface area contributed by atoms with E-state index < -0.39 is 0 Å². The highest BCUT2D eigenvalue weighted by Crippen LogP contribution is 2.22. The maximum atomic E-state index is 8.29. The molecule has 3 heteroatoms. The minimum atomic E-state index is 0.653. The highest BCUT2D eigenvalue weighted by Gasteiger charge is 2.04. The van der Waals surface area contributed by atoms with Crippen molar-refractivity contribution in [3.63, 3.8) is 0 Å². The molecule has 0 aliphatic carbocycles. The van der Waals surface area contributed by atoms with Crippen LogP contribution in [0, 0.1) is 11.3 Å². The molecule has 3 nitrogen and oxygen atoms in total. The number of furan rings is 2. The van der Waals surface area contributed by atoms with Gasteiger partial charge >= 0.3 is 0 Å². The normalized spacial score (nSPS) is 10.9. The van der Waals surface area contributed by atoms with E-state index in [-0.39, 0.29) is 0 Å². The first-order chi connectivity index (χ1) is 5.92. The van der Waals surface area contributed by atoms with Crippen molar-refractivity contribution >= 4 is 17.0 Å². The molecule has 0 atom stereocenters. The van der Waals surface area contributed by atoms with Crippen molar-refractivity contribution in [2.24, 2.45) is 0 Å². The Labute approximate surface area is 68.5 Å². The smallest absolute Gasteiger partial charge is 0.172 e. The third-order valence-corrected chi connectivity index (χ3v) is 1.56. The quantitative estimate of drug-likeness (QED) is 0.601. The number of hydrogen-bond acceptors (Lipinski definition) is 3. The van der Waals surface area contributed by atoms with Crippen molar-refractivity contribution in [2.45, 2.75) is 0 Å². The van der Waals surface area contributed by atoms with Gasteiger partial charge in [-0.2, -0.15) is 5.26 Å². The number of allylic oxidation sites excluding steroid dienone is 1. The average molecular weight is 159 g/mol. The van der Waals surface area contributed by atoms with Crippen molar-refractivity contribution in [3.8, 4) is 6.07 Å². The van der Waals surface area contributed by atoms with Gasteiger partial charge in [0.15, 0.2) is 5.58 Å². The van der Waals surface area contributed by atoms with Crippen LogP contribution in [0.5, 0.6) is 0 Å². The van der Waals surface area contributed by atoms with E-state index in [1.165, 1.54) is 12.3 Å². The van der Waals surface area contributed by atoms with Gasteiger partial charge in [-0.15, -0.1) is 0 Å². The molecule has 0 radical (unpaired) electrons. The van der Waals surface area contributed by atoms with Gasteiger partial charge in [0.1, 0.15) is 12.0 Å². The van der Waals surface area contributed by atoms with Crippen LogP contribution in [0.3, 0.4) is 0 Å². The topological polar surface area (TPSA) is 50.1 Å². The van der Waals surface area contributed by atoms with Gasteiger partial charge in [-0.1, -0.05) is 0 Å². The molecule has 2 heterocycles. The lowest BCUT2D eigenvalue weighted by atomic mass is 10.3. The Balaban J connectivity index is 2.56. The summed E-state index contributed by atoms with van der Waals surface area (Å²) in [6.07, 6.45) is 6.08. The highest BCUT2D eigenvalue weighted by molar-refractivity contribution is 5.84. The molecule has 0 spiro atoms. The van der Waals surface area contributed by atoms with Crippen LogP contribution in [-0.4, -0.2) is 0 Å². The number of hydrogen-bond donors (Lipinski definition) is 0. The first kappa shape index (κ1) is 6.74. The second-order valence-corrected chi connectivity index (χ2v) is 2.26. The van der Waals surface area contributed by atoms with Gasteiger partial charge in [0.25, 0.3) is 0 Å². The lowest BCUT2D eigenvalue weighted by Crippen LogP contribution is -1.60. The van der Waals surface area contributed by atoms with E-state index in [4.69, 9.17) is 14.1 Å². The molecule has 0 unspecified atom stereocenters. The van der Waals surface area contributed by atoms with Gasteiger partial charge in [-0.25, -0.2) is 0 Å². The molecular weight excluding hydrogens is 154 g/mol. The monoisotopic (exact) mass is 159 g/mol. The third-order valence-electron chi connectivity index (χ3n) is 1.56. The molecule has 0 bridgehead atoms. The maximum Gasteiger partial charge on any atom is 0.172 e. The van der Waals surface area contributed by atoms with Crippen LogP contribution in [0.25, 0.3) is 17.0 Å². The van der Waals surface area contributed by atoms with Crippen molar-refractivity contribution < 1.29 is 8.83 Å². The highest BCUT2D eigenvalue weighted by atomic mass is 16.4. The third kappa shape index (κ3) is 0.903. The van der Waals surface area contributed by atoms with Crippen molar-refractivity contribution in [1.29, 1.82) is 5.26 Å². The van der Waals surface area contributed by atoms with E-state index in [2.05, 4.69) is 0 Å². The molecule has 0 amide bonds. The van der Waals surface area contributed by atoms with Crippen LogP contribution in [0.15, 0.2) is 33.5 Å². The van der Waals surface area contributed by atoms with E-state index in [0.717, 1.165) is 5.39 Å². The predicted molar refractivity (Wildman–Crippen MR) is 43.1 cm³/mol. The number of rotatable bonds is 1. The molecule has 0 aliphatic rings. The summed E-state index contributed by atoms with van der Waals surface area (Å²) in [4.78, 5) is 0. The van der Waals surface area contributed by atoms with Gasteiger partial charge in [-0.3, -0.25) is 0 Å². The van der Waals surface area contributed by atoms with Crippen LogP contribution in [-0.2, 0) is 0 Å². The summed E-state index contributed by atoms with van der Waals surface area (Å²) in [5.74, 6) is 0.653. The van der Waals surface area contributed by atoms with Crippen LogP contribution in [0.4, 0.5) is 0 Å². The number of fused-ring (bicyclic) bond motifs is 1. The summed E-state index contributed by atoms with van der Waals surface area (Å²) in [7, 11) is 0. The largest absolute Gasteiger partial charge is 0.461 e. The second kappa shape index (κ2) is 2.59. The van der Waals surface area contributed by atoms with Crippen LogP contribution >= 0.6 is 0 Å². The molecular formula is C9H5NO2. The molecule has 2 aromatic heterocycles. The molecule has 12 heavy (non-hydrogen) atoms. The van der Waals surface area contributed by atoms with E-state index in [0.29, 0.717) is 11.3 Å². The molecule has 0 aromatic carbocycles. The summed E-state index contributed by atoms with van der Waals surface area (Å²) in [5, 5.41) is 9.18. The Morgan fingerprint density at radius 2 is 2.33 bits per heavy atom. The molecule has 58 valence electrons. The van der Waals surface area contributed by atoms with Crippen LogP contribution in [0.1, 0.15) is 5.76 Å². The lowest BCUT2D eigenvalue weighted by Gasteiger charge is -1.79. The molecule has 0 saturated carbocycles. The summed E-state index contributed by atoms with van der Waals surface area (Å²) >= 11 is 0. The molecule has 0 saturated heterocycles. The Bertz CT molecular complexity index is 456. The fourth-order valence-corrected chi connectivity index (χ4v) is 1.04. The molecule has 0 fully saturated rings. The fraction of sp³-hybridized carbons (Fsp3) is 0. The first-order valence-electron chi connectivity index (χ1n) is 3.42. The zero-order valence-corrected chi connectivity index (χ0v) is 6.15. The van der Waals surface area contributed by atoms with E-state index in [1.807, 2.05) is 6.07 Å². The van der Waals surface area contributed by atoms with E-state index in [9.17, 15) is 0 Å². The minimum Gasteiger partial charge on any atom is -0.461 e. The fourth-order valence-electron chi connectivity index (χ4n) is 1.04. The SMILES string of the molecule is N#C/C=C\c1occ2occc12. The van der Waals surface area contributed by atoms with Gasteiger partial charge in [-0.05, 0) is 12.1 Å². The zero-order chi connectivity index (χ0) is 8.39. The Morgan fingerprint density at radius 3 is 3.17 bits per heavy atom. The van der Waals surface area contributed by atoms with E-state index in [1.54, 1.807) is 18.4 Å².